The first kappa shape index (κ1) is 22.2. The van der Waals surface area contributed by atoms with Gasteiger partial charge in [0.1, 0.15) is 5.82 Å². The van der Waals surface area contributed by atoms with Gasteiger partial charge in [0.05, 0.1) is 16.9 Å². The van der Waals surface area contributed by atoms with Crippen LogP contribution in [0.5, 0.6) is 0 Å². The molecule has 0 saturated carbocycles. The van der Waals surface area contributed by atoms with Crippen LogP contribution in [0.3, 0.4) is 0 Å². The van der Waals surface area contributed by atoms with Crippen LogP contribution in [-0.2, 0) is 0 Å². The zero-order valence-corrected chi connectivity index (χ0v) is 19.9. The molecule has 34 heavy (non-hydrogen) atoms. The van der Waals surface area contributed by atoms with Crippen LogP contribution in [0.15, 0.2) is 70.6 Å². The second-order valence-corrected chi connectivity index (χ2v) is 8.93. The Kier molecular flexibility index (Phi) is 5.86. The van der Waals surface area contributed by atoms with Crippen LogP contribution < -0.4 is 16.2 Å². The maximum Gasteiger partial charge on any atom is 0.258 e. The number of aliphatic imine (C=N–C) groups is 1. The van der Waals surface area contributed by atoms with E-state index in [0.717, 1.165) is 17.5 Å². The summed E-state index contributed by atoms with van der Waals surface area (Å²) in [6.07, 6.45) is 2.87. The summed E-state index contributed by atoms with van der Waals surface area (Å²) in [6, 6.07) is 19.1. The van der Waals surface area contributed by atoms with Crippen molar-refractivity contribution < 1.29 is 0 Å². The summed E-state index contributed by atoms with van der Waals surface area (Å²) in [7, 11) is 3.81. The van der Waals surface area contributed by atoms with E-state index in [-0.39, 0.29) is 17.6 Å². The third-order valence-corrected chi connectivity index (χ3v) is 6.80. The van der Waals surface area contributed by atoms with Crippen molar-refractivity contribution in [2.45, 2.75) is 32.4 Å². The second-order valence-electron chi connectivity index (χ2n) is 8.93. The van der Waals surface area contributed by atoms with Crippen molar-refractivity contribution in [3.8, 4) is 11.1 Å². The fourth-order valence-electron chi connectivity index (χ4n) is 4.36. The van der Waals surface area contributed by atoms with E-state index in [1.54, 1.807) is 0 Å². The molecule has 1 aliphatic heterocycles. The number of benzene rings is 3. The molecule has 3 aromatic carbocycles. The zero-order valence-electron chi connectivity index (χ0n) is 19.9. The van der Waals surface area contributed by atoms with E-state index >= 15 is 0 Å². The SMILES string of the molecule is CNC(C)C1=NC=C(c2ccc3cc(-c4ccc5c(=O)[nH]c(C(C)NC)nc5c4)ccc3c2)C1. The predicted molar refractivity (Wildman–Crippen MR) is 141 cm³/mol. The Bertz CT molecular complexity index is 1510. The van der Waals surface area contributed by atoms with E-state index in [2.05, 4.69) is 63.9 Å². The molecule has 0 saturated heterocycles. The van der Waals surface area contributed by atoms with Gasteiger partial charge < -0.3 is 15.6 Å². The lowest BCUT2D eigenvalue weighted by atomic mass is 9.95. The third kappa shape index (κ3) is 4.06. The molecule has 1 aromatic heterocycles. The van der Waals surface area contributed by atoms with Gasteiger partial charge in [0.25, 0.3) is 5.56 Å². The first-order valence-corrected chi connectivity index (χ1v) is 11.7. The number of fused-ring (bicyclic) bond motifs is 2. The molecule has 0 bridgehead atoms. The van der Waals surface area contributed by atoms with Gasteiger partial charge in [-0.3, -0.25) is 9.79 Å². The van der Waals surface area contributed by atoms with E-state index in [9.17, 15) is 4.79 Å². The van der Waals surface area contributed by atoms with Gasteiger partial charge in [-0.15, -0.1) is 0 Å². The highest BCUT2D eigenvalue weighted by atomic mass is 16.1. The molecular formula is C28H29N5O. The highest BCUT2D eigenvalue weighted by Crippen LogP contribution is 2.30. The minimum Gasteiger partial charge on any atom is -0.312 e. The Morgan fingerprint density at radius 3 is 2.24 bits per heavy atom. The normalized spacial score (nSPS) is 15.4. The molecule has 4 aromatic rings. The first-order valence-electron chi connectivity index (χ1n) is 11.7. The second kappa shape index (κ2) is 8.97. The zero-order chi connectivity index (χ0) is 23.8. The first-order chi connectivity index (χ1) is 16.5. The maximum absolute atomic E-state index is 12.5. The molecule has 6 nitrogen and oxygen atoms in total. The highest BCUT2D eigenvalue weighted by Gasteiger charge is 2.17. The molecule has 2 atom stereocenters. The number of nitrogens with zero attached hydrogens (tertiary/aromatic N) is 2. The molecule has 1 aliphatic rings. The van der Waals surface area contributed by atoms with Crippen molar-refractivity contribution >= 4 is 33.0 Å². The van der Waals surface area contributed by atoms with Crippen molar-refractivity contribution in [3.05, 3.63) is 82.5 Å². The summed E-state index contributed by atoms with van der Waals surface area (Å²) in [6.45, 7) is 4.11. The van der Waals surface area contributed by atoms with Crippen LogP contribution >= 0.6 is 0 Å². The minimum atomic E-state index is -0.114. The van der Waals surface area contributed by atoms with Gasteiger partial charge in [0.2, 0.25) is 0 Å². The topological polar surface area (TPSA) is 82.2 Å². The molecule has 2 heterocycles. The fourth-order valence-corrected chi connectivity index (χ4v) is 4.36. The molecule has 0 aliphatic carbocycles. The number of allylic oxidation sites excluding steroid dienone is 1. The van der Waals surface area contributed by atoms with Crippen molar-refractivity contribution in [3.63, 3.8) is 0 Å². The number of aromatic nitrogens is 2. The van der Waals surface area contributed by atoms with Crippen molar-refractivity contribution in [1.29, 1.82) is 0 Å². The average molecular weight is 452 g/mol. The highest BCUT2D eigenvalue weighted by molar-refractivity contribution is 6.02. The summed E-state index contributed by atoms with van der Waals surface area (Å²) in [5.74, 6) is 0.639. The van der Waals surface area contributed by atoms with E-state index in [0.29, 0.717) is 16.7 Å². The lowest BCUT2D eigenvalue weighted by Gasteiger charge is -2.12. The largest absolute Gasteiger partial charge is 0.312 e. The van der Waals surface area contributed by atoms with Gasteiger partial charge in [-0.1, -0.05) is 30.3 Å². The Hall–Kier alpha value is -3.61. The van der Waals surface area contributed by atoms with Crippen LogP contribution in [0.1, 0.15) is 37.7 Å². The Balaban J connectivity index is 1.47. The molecule has 5 rings (SSSR count). The molecule has 6 heteroatoms. The molecule has 0 spiro atoms. The van der Waals surface area contributed by atoms with Gasteiger partial charge in [-0.2, -0.15) is 0 Å². The Labute approximate surface area is 198 Å². The van der Waals surface area contributed by atoms with Crippen LogP contribution in [-0.4, -0.2) is 35.8 Å². The van der Waals surface area contributed by atoms with Gasteiger partial charge in [-0.05, 0) is 85.2 Å². The smallest absolute Gasteiger partial charge is 0.258 e. The number of nitrogens with one attached hydrogen (secondary N) is 3. The monoisotopic (exact) mass is 451 g/mol. The molecule has 0 amide bonds. The number of hydrogen-bond donors (Lipinski definition) is 3. The summed E-state index contributed by atoms with van der Waals surface area (Å²) in [5, 5.41) is 9.36. The number of hydrogen-bond acceptors (Lipinski definition) is 5. The van der Waals surface area contributed by atoms with Gasteiger partial charge in [0.15, 0.2) is 0 Å². The maximum atomic E-state index is 12.5. The van der Waals surface area contributed by atoms with E-state index in [1.807, 2.05) is 45.4 Å². The van der Waals surface area contributed by atoms with Crippen LogP contribution in [0.2, 0.25) is 0 Å². The van der Waals surface area contributed by atoms with Gasteiger partial charge in [-0.25, -0.2) is 4.98 Å². The number of H-pyrrole nitrogens is 1. The van der Waals surface area contributed by atoms with Crippen LogP contribution in [0.4, 0.5) is 0 Å². The van der Waals surface area contributed by atoms with Crippen LogP contribution in [0.25, 0.3) is 38.4 Å². The average Bonchev–Trinajstić information content (AvgIpc) is 3.37. The number of aromatic amines is 1. The number of rotatable bonds is 6. The van der Waals surface area contributed by atoms with Gasteiger partial charge >= 0.3 is 0 Å². The molecule has 0 fully saturated rings. The van der Waals surface area contributed by atoms with E-state index < -0.39 is 0 Å². The fraction of sp³-hybridized carbons (Fsp3) is 0.250. The van der Waals surface area contributed by atoms with Crippen molar-refractivity contribution in [1.82, 2.24) is 20.6 Å². The molecular weight excluding hydrogens is 422 g/mol. The Morgan fingerprint density at radius 1 is 0.853 bits per heavy atom. The van der Waals surface area contributed by atoms with Crippen molar-refractivity contribution in [2.75, 3.05) is 14.1 Å². The molecule has 3 N–H and O–H groups in total. The minimum absolute atomic E-state index is 0.0338. The van der Waals surface area contributed by atoms with E-state index in [1.165, 1.54) is 27.6 Å². The standard InChI is InChI=1S/C28H29N5O/c1-16(29-3)25-14-23(15-31-25)21-8-7-18-11-20(6-5-19(18)12-21)22-9-10-24-26(13-22)32-27(17(2)30-4)33-28(24)34/h5-13,15-17,29-30H,14H2,1-4H3,(H,32,33,34). The third-order valence-electron chi connectivity index (χ3n) is 6.80. The Morgan fingerprint density at radius 2 is 1.50 bits per heavy atom. The molecule has 0 radical (unpaired) electrons. The summed E-state index contributed by atoms with van der Waals surface area (Å²) in [5.41, 5.74) is 6.36. The molecule has 172 valence electrons. The van der Waals surface area contributed by atoms with Crippen molar-refractivity contribution in [2.24, 2.45) is 4.99 Å². The summed E-state index contributed by atoms with van der Waals surface area (Å²) in [4.78, 5) is 24.7. The lowest BCUT2D eigenvalue weighted by Crippen LogP contribution is -2.29. The molecule has 2 unspecified atom stereocenters. The lowest BCUT2D eigenvalue weighted by molar-refractivity contribution is 0.611. The summed E-state index contributed by atoms with van der Waals surface area (Å²) >= 11 is 0. The summed E-state index contributed by atoms with van der Waals surface area (Å²) < 4.78 is 0. The van der Waals surface area contributed by atoms with Gasteiger partial charge in [0, 0.05) is 24.4 Å². The predicted octanol–water partition coefficient (Wildman–Crippen LogP) is 4.82. The quantitative estimate of drug-likeness (QED) is 0.393. The van der Waals surface area contributed by atoms with E-state index in [4.69, 9.17) is 4.98 Å². The van der Waals surface area contributed by atoms with Crippen LogP contribution in [0, 0.1) is 0 Å².